The van der Waals surface area contributed by atoms with Gasteiger partial charge in [-0.05, 0) is 12.1 Å². The maximum atomic E-state index is 3.77. The van der Waals surface area contributed by atoms with E-state index in [0.717, 1.165) is 13.1 Å². The van der Waals surface area contributed by atoms with Crippen molar-refractivity contribution >= 4 is 16.5 Å². The lowest BCUT2D eigenvalue weighted by Gasteiger charge is -2.27. The molecule has 0 aliphatic rings. The first-order valence-electron chi connectivity index (χ1n) is 6.83. The summed E-state index contributed by atoms with van der Waals surface area (Å²) in [6.07, 6.45) is 2.63. The molecule has 0 spiro atoms. The Morgan fingerprint density at radius 1 is 0.688 bits per heavy atom. The summed E-state index contributed by atoms with van der Waals surface area (Å²) < 4.78 is 0. The fraction of sp³-hybridized carbons (Fsp3) is 1.00. The Hall–Kier alpha value is 0.354. The van der Waals surface area contributed by atoms with Crippen LogP contribution in [-0.2, 0) is 0 Å². The molecule has 0 aromatic rings. The van der Waals surface area contributed by atoms with E-state index in [4.69, 9.17) is 0 Å². The number of hydrogen-bond acceptors (Lipinski definition) is 2. The highest BCUT2D eigenvalue weighted by molar-refractivity contribution is 6.75. The summed E-state index contributed by atoms with van der Waals surface area (Å²) in [5.41, 5.74) is 0. The van der Waals surface area contributed by atoms with Crippen LogP contribution in [0, 0.1) is 0 Å². The van der Waals surface area contributed by atoms with Gasteiger partial charge in [-0.3, -0.25) is 0 Å². The van der Waals surface area contributed by atoms with Gasteiger partial charge in [-0.1, -0.05) is 52.9 Å². The topological polar surface area (TPSA) is 24.1 Å². The van der Waals surface area contributed by atoms with Gasteiger partial charge in [0.2, 0.25) is 0 Å². The highest BCUT2D eigenvalue weighted by Crippen LogP contribution is 2.08. The Kier molecular flexibility index (Phi) is 7.80. The van der Waals surface area contributed by atoms with Gasteiger partial charge in [0, 0.05) is 13.1 Å². The molecule has 0 aliphatic carbocycles. The van der Waals surface area contributed by atoms with E-state index in [1.165, 1.54) is 24.9 Å². The minimum atomic E-state index is -1.09. The summed E-state index contributed by atoms with van der Waals surface area (Å²) in [7, 11) is -2.19. The van der Waals surface area contributed by atoms with E-state index in [9.17, 15) is 0 Å². The molecule has 2 N–H and O–H groups in total. The van der Waals surface area contributed by atoms with Crippen molar-refractivity contribution in [2.75, 3.05) is 13.1 Å². The van der Waals surface area contributed by atoms with Gasteiger partial charge in [0.25, 0.3) is 0 Å². The Bertz CT molecular complexity index is 162. The minimum Gasteiger partial charge on any atom is -0.336 e. The lowest BCUT2D eigenvalue weighted by Crippen LogP contribution is -2.51. The highest BCUT2D eigenvalue weighted by atomic mass is 28.3. The van der Waals surface area contributed by atoms with Crippen LogP contribution in [0.3, 0.4) is 0 Å². The first-order chi connectivity index (χ1) is 7.33. The second-order valence-electron chi connectivity index (χ2n) is 6.12. The van der Waals surface area contributed by atoms with Crippen LogP contribution in [0.2, 0.25) is 38.3 Å². The minimum absolute atomic E-state index is 1.09. The van der Waals surface area contributed by atoms with E-state index >= 15 is 0 Å². The number of nitrogens with one attached hydrogen (secondary N) is 2. The van der Waals surface area contributed by atoms with Crippen LogP contribution >= 0.6 is 0 Å². The summed E-state index contributed by atoms with van der Waals surface area (Å²) in [6.45, 7) is 16.6. The van der Waals surface area contributed by atoms with Crippen molar-refractivity contribution in [3.63, 3.8) is 0 Å². The van der Waals surface area contributed by atoms with Crippen LogP contribution in [0.4, 0.5) is 0 Å². The largest absolute Gasteiger partial charge is 0.336 e. The summed E-state index contributed by atoms with van der Waals surface area (Å²) in [5.74, 6) is 0. The third-order valence-corrected chi connectivity index (χ3v) is 9.00. The van der Waals surface area contributed by atoms with Crippen LogP contribution < -0.4 is 9.96 Å². The van der Waals surface area contributed by atoms with Gasteiger partial charge < -0.3 is 9.96 Å². The van der Waals surface area contributed by atoms with Crippen LogP contribution in [0.25, 0.3) is 0 Å². The van der Waals surface area contributed by atoms with Gasteiger partial charge in [0.1, 0.15) is 16.5 Å². The second kappa shape index (κ2) is 7.64. The van der Waals surface area contributed by atoms with Crippen molar-refractivity contribution in [1.82, 2.24) is 9.96 Å². The lowest BCUT2D eigenvalue weighted by atomic mass is 10.6. The van der Waals surface area contributed by atoms with Gasteiger partial charge in [-0.25, -0.2) is 0 Å². The first kappa shape index (κ1) is 16.4. The standard InChI is InChI=1S/C12H32N2Si2/c1-7-11-15(3,4)13-9-10-14-16(5,6)12-8-2/h13-14H,7-12H2,1-6H3. The van der Waals surface area contributed by atoms with E-state index in [-0.39, 0.29) is 0 Å². The van der Waals surface area contributed by atoms with Crippen molar-refractivity contribution < 1.29 is 0 Å². The predicted molar refractivity (Wildman–Crippen MR) is 81.2 cm³/mol. The molecule has 0 amide bonds. The Labute approximate surface area is 105 Å². The molecule has 0 radical (unpaired) electrons. The van der Waals surface area contributed by atoms with Gasteiger partial charge in [-0.15, -0.1) is 0 Å². The monoisotopic (exact) mass is 260 g/mol. The van der Waals surface area contributed by atoms with Crippen molar-refractivity contribution in [2.24, 2.45) is 0 Å². The summed E-state index contributed by atoms with van der Waals surface area (Å²) in [5, 5.41) is 0. The van der Waals surface area contributed by atoms with Crippen LogP contribution in [0.15, 0.2) is 0 Å². The van der Waals surface area contributed by atoms with Crippen molar-refractivity contribution in [2.45, 2.75) is 65.0 Å². The van der Waals surface area contributed by atoms with Crippen molar-refractivity contribution in [1.29, 1.82) is 0 Å². The summed E-state index contributed by atoms with van der Waals surface area (Å²) >= 11 is 0. The average molecular weight is 261 g/mol. The van der Waals surface area contributed by atoms with E-state index in [0.29, 0.717) is 0 Å². The first-order valence-corrected chi connectivity index (χ1v) is 13.2. The average Bonchev–Trinajstić information content (AvgIpc) is 2.12. The van der Waals surface area contributed by atoms with E-state index in [1.807, 2.05) is 0 Å². The van der Waals surface area contributed by atoms with Gasteiger partial charge in [0.05, 0.1) is 0 Å². The zero-order chi connectivity index (χ0) is 12.7. The number of hydrogen-bond donors (Lipinski definition) is 2. The molecule has 0 rings (SSSR count). The summed E-state index contributed by atoms with van der Waals surface area (Å²) in [6, 6.07) is 2.78. The van der Waals surface area contributed by atoms with E-state index < -0.39 is 16.5 Å². The highest BCUT2D eigenvalue weighted by Gasteiger charge is 2.20. The molecule has 0 aliphatic heterocycles. The SMILES string of the molecule is CCC[Si](C)(C)NCCN[Si](C)(C)CCC. The van der Waals surface area contributed by atoms with Gasteiger partial charge in [0.15, 0.2) is 0 Å². The molecular weight excluding hydrogens is 228 g/mol. The molecular formula is C12H32N2Si2. The molecule has 16 heavy (non-hydrogen) atoms. The van der Waals surface area contributed by atoms with E-state index in [2.05, 4.69) is 50.0 Å². The molecule has 0 heterocycles. The predicted octanol–water partition coefficient (Wildman–Crippen LogP) is 3.40. The zero-order valence-electron chi connectivity index (χ0n) is 12.2. The fourth-order valence-corrected chi connectivity index (χ4v) is 6.69. The third kappa shape index (κ3) is 8.50. The maximum absolute atomic E-state index is 3.77. The molecule has 0 fully saturated rings. The number of rotatable bonds is 9. The molecule has 0 saturated heterocycles. The molecule has 0 unspecified atom stereocenters. The molecule has 0 aromatic heterocycles. The molecule has 0 bridgehead atoms. The van der Waals surface area contributed by atoms with Gasteiger partial charge >= 0.3 is 0 Å². The zero-order valence-corrected chi connectivity index (χ0v) is 14.2. The summed E-state index contributed by atoms with van der Waals surface area (Å²) in [4.78, 5) is 7.55. The molecule has 0 atom stereocenters. The molecule has 4 heteroatoms. The fourth-order valence-electron chi connectivity index (χ4n) is 2.23. The Balaban J connectivity index is 3.67. The van der Waals surface area contributed by atoms with Crippen LogP contribution in [-0.4, -0.2) is 29.6 Å². The van der Waals surface area contributed by atoms with Crippen molar-refractivity contribution in [3.05, 3.63) is 0 Å². The molecule has 0 aromatic carbocycles. The quantitative estimate of drug-likeness (QED) is 0.490. The molecule has 98 valence electrons. The Morgan fingerprint density at radius 3 is 1.25 bits per heavy atom. The lowest BCUT2D eigenvalue weighted by molar-refractivity contribution is 0.792. The molecule has 2 nitrogen and oxygen atoms in total. The Morgan fingerprint density at radius 2 is 1.00 bits per heavy atom. The second-order valence-corrected chi connectivity index (χ2v) is 15.4. The van der Waals surface area contributed by atoms with Crippen LogP contribution in [0.5, 0.6) is 0 Å². The molecule has 0 saturated carbocycles. The normalized spacial score (nSPS) is 13.1. The maximum Gasteiger partial charge on any atom is 0.119 e. The van der Waals surface area contributed by atoms with Crippen LogP contribution in [0.1, 0.15) is 26.7 Å². The van der Waals surface area contributed by atoms with E-state index in [1.54, 1.807) is 0 Å². The smallest absolute Gasteiger partial charge is 0.119 e. The third-order valence-electron chi connectivity index (χ3n) is 3.08. The van der Waals surface area contributed by atoms with Gasteiger partial charge in [-0.2, -0.15) is 0 Å². The van der Waals surface area contributed by atoms with Crippen molar-refractivity contribution in [3.8, 4) is 0 Å².